The molecule has 1 aromatic carbocycles. The highest BCUT2D eigenvalue weighted by Crippen LogP contribution is 2.19. The molecule has 1 atom stereocenters. The molecule has 1 aliphatic carbocycles. The second kappa shape index (κ2) is 8.97. The van der Waals surface area contributed by atoms with Gasteiger partial charge in [0.25, 0.3) is 5.91 Å². The van der Waals surface area contributed by atoms with Gasteiger partial charge in [-0.1, -0.05) is 27.6 Å². The summed E-state index contributed by atoms with van der Waals surface area (Å²) < 4.78 is 19.3. The molecular formula is C18H21BrFNO3. The van der Waals surface area contributed by atoms with Crippen molar-refractivity contribution in [2.75, 3.05) is 6.54 Å². The Labute approximate surface area is 149 Å². The third-order valence-electron chi connectivity index (χ3n) is 3.93. The fraction of sp³-hybridized carbons (Fsp3) is 0.444. The fourth-order valence-corrected chi connectivity index (χ4v) is 2.89. The van der Waals surface area contributed by atoms with Crippen molar-refractivity contribution in [3.05, 3.63) is 45.7 Å². The van der Waals surface area contributed by atoms with Gasteiger partial charge in [-0.3, -0.25) is 4.79 Å². The Hall–Kier alpha value is -1.69. The van der Waals surface area contributed by atoms with Crippen LogP contribution in [-0.4, -0.2) is 24.5 Å². The molecule has 0 aromatic heterocycles. The van der Waals surface area contributed by atoms with E-state index in [-0.39, 0.29) is 11.5 Å². The van der Waals surface area contributed by atoms with E-state index in [4.69, 9.17) is 4.74 Å². The molecule has 0 saturated heterocycles. The van der Waals surface area contributed by atoms with Gasteiger partial charge in [-0.25, -0.2) is 9.18 Å². The van der Waals surface area contributed by atoms with Crippen LogP contribution >= 0.6 is 15.9 Å². The summed E-state index contributed by atoms with van der Waals surface area (Å²) in [6, 6.07) is 4.05. The van der Waals surface area contributed by atoms with E-state index in [1.54, 1.807) is 6.07 Å². The predicted octanol–water partition coefficient (Wildman–Crippen LogP) is 4.14. The van der Waals surface area contributed by atoms with Crippen LogP contribution in [0.4, 0.5) is 4.39 Å². The van der Waals surface area contributed by atoms with Crippen molar-refractivity contribution in [2.24, 2.45) is 0 Å². The molecule has 0 aliphatic heterocycles. The normalized spacial score (nSPS) is 15.4. The third-order valence-corrected chi connectivity index (χ3v) is 4.43. The van der Waals surface area contributed by atoms with E-state index in [2.05, 4.69) is 27.3 Å². The average molecular weight is 398 g/mol. The Morgan fingerprint density at radius 1 is 1.38 bits per heavy atom. The van der Waals surface area contributed by atoms with Crippen molar-refractivity contribution in [1.82, 2.24) is 5.32 Å². The highest BCUT2D eigenvalue weighted by molar-refractivity contribution is 9.10. The Morgan fingerprint density at radius 3 is 2.83 bits per heavy atom. The molecule has 1 aliphatic rings. The number of benzene rings is 1. The molecule has 0 saturated carbocycles. The maximum Gasteiger partial charge on any atom is 0.341 e. The first-order chi connectivity index (χ1) is 11.5. The van der Waals surface area contributed by atoms with E-state index in [0.29, 0.717) is 11.0 Å². The lowest BCUT2D eigenvalue weighted by molar-refractivity contribution is -0.129. The lowest BCUT2D eigenvalue weighted by atomic mass is 9.97. The minimum Gasteiger partial charge on any atom is -0.449 e. The Bertz CT molecular complexity index is 645. The van der Waals surface area contributed by atoms with Crippen LogP contribution < -0.4 is 5.32 Å². The number of halogens is 2. The lowest BCUT2D eigenvalue weighted by Gasteiger charge is -2.16. The summed E-state index contributed by atoms with van der Waals surface area (Å²) in [6.07, 6.45) is 6.70. The smallest absolute Gasteiger partial charge is 0.341 e. The monoisotopic (exact) mass is 397 g/mol. The zero-order valence-electron chi connectivity index (χ0n) is 13.6. The van der Waals surface area contributed by atoms with E-state index in [1.807, 2.05) is 0 Å². The van der Waals surface area contributed by atoms with Crippen molar-refractivity contribution in [1.29, 1.82) is 0 Å². The van der Waals surface area contributed by atoms with Crippen LogP contribution in [0.5, 0.6) is 0 Å². The lowest BCUT2D eigenvalue weighted by Crippen LogP contribution is -2.36. The SMILES string of the molecule is C[C@@H](OC(=O)c1ccc(Br)cc1F)C(=O)NCCC1=CCCCC1. The van der Waals surface area contributed by atoms with Crippen LogP contribution in [0.25, 0.3) is 0 Å². The zero-order chi connectivity index (χ0) is 17.5. The molecule has 1 N–H and O–H groups in total. The topological polar surface area (TPSA) is 55.4 Å². The van der Waals surface area contributed by atoms with Crippen molar-refractivity contribution < 1.29 is 18.7 Å². The Morgan fingerprint density at radius 2 is 2.17 bits per heavy atom. The van der Waals surface area contributed by atoms with Gasteiger partial charge in [0.15, 0.2) is 6.10 Å². The first-order valence-electron chi connectivity index (χ1n) is 8.09. The Kier molecular flexibility index (Phi) is 6.97. The number of rotatable bonds is 6. The van der Waals surface area contributed by atoms with E-state index in [9.17, 15) is 14.0 Å². The van der Waals surface area contributed by atoms with Crippen LogP contribution in [0.15, 0.2) is 34.3 Å². The number of allylic oxidation sites excluding steroid dienone is 1. The van der Waals surface area contributed by atoms with Gasteiger partial charge >= 0.3 is 5.97 Å². The van der Waals surface area contributed by atoms with Gasteiger partial charge in [-0.15, -0.1) is 0 Å². The first kappa shape index (κ1) is 18.6. The largest absolute Gasteiger partial charge is 0.449 e. The predicted molar refractivity (Wildman–Crippen MR) is 93.2 cm³/mol. The summed E-state index contributed by atoms with van der Waals surface area (Å²) in [5.74, 6) is -1.92. The van der Waals surface area contributed by atoms with Gasteiger partial charge in [0.1, 0.15) is 5.82 Å². The summed E-state index contributed by atoms with van der Waals surface area (Å²) in [6.45, 7) is 1.99. The van der Waals surface area contributed by atoms with Crippen molar-refractivity contribution >= 4 is 27.8 Å². The number of carbonyl (C=O) groups excluding carboxylic acids is 2. The van der Waals surface area contributed by atoms with Gasteiger partial charge in [0, 0.05) is 11.0 Å². The molecule has 0 radical (unpaired) electrons. The molecular weight excluding hydrogens is 377 g/mol. The third kappa shape index (κ3) is 5.44. The molecule has 0 heterocycles. The molecule has 0 spiro atoms. The highest BCUT2D eigenvalue weighted by Gasteiger charge is 2.21. The molecule has 4 nitrogen and oxygen atoms in total. The molecule has 0 unspecified atom stereocenters. The standard InChI is InChI=1S/C18H21BrFNO3/c1-12(17(22)21-10-9-13-5-3-2-4-6-13)24-18(23)15-8-7-14(19)11-16(15)20/h5,7-8,11-12H,2-4,6,9-10H2,1H3,(H,21,22)/t12-/m1/s1. The van der Waals surface area contributed by atoms with E-state index in [1.165, 1.54) is 37.5 Å². The van der Waals surface area contributed by atoms with Gasteiger partial charge < -0.3 is 10.1 Å². The summed E-state index contributed by atoms with van der Waals surface area (Å²) in [5.41, 5.74) is 1.17. The van der Waals surface area contributed by atoms with Crippen molar-refractivity contribution in [2.45, 2.75) is 45.1 Å². The van der Waals surface area contributed by atoms with Gasteiger partial charge in [-0.2, -0.15) is 0 Å². The van der Waals surface area contributed by atoms with Crippen LogP contribution in [0.3, 0.4) is 0 Å². The van der Waals surface area contributed by atoms with Crippen molar-refractivity contribution in [3.8, 4) is 0 Å². The second-order valence-corrected chi connectivity index (χ2v) is 6.74. The first-order valence-corrected chi connectivity index (χ1v) is 8.88. The number of hydrogen-bond donors (Lipinski definition) is 1. The summed E-state index contributed by atoms with van der Waals surface area (Å²) in [4.78, 5) is 23.9. The molecule has 1 aromatic rings. The van der Waals surface area contributed by atoms with E-state index in [0.717, 1.165) is 19.3 Å². The van der Waals surface area contributed by atoms with Gasteiger partial charge in [0.2, 0.25) is 0 Å². The fourth-order valence-electron chi connectivity index (χ4n) is 2.55. The number of carbonyl (C=O) groups is 2. The van der Waals surface area contributed by atoms with E-state index >= 15 is 0 Å². The molecule has 24 heavy (non-hydrogen) atoms. The quantitative estimate of drug-likeness (QED) is 0.579. The van der Waals surface area contributed by atoms with Crippen molar-refractivity contribution in [3.63, 3.8) is 0 Å². The summed E-state index contributed by atoms with van der Waals surface area (Å²) in [7, 11) is 0. The van der Waals surface area contributed by atoms with Crippen LogP contribution in [-0.2, 0) is 9.53 Å². The average Bonchev–Trinajstić information content (AvgIpc) is 2.55. The number of esters is 1. The maximum absolute atomic E-state index is 13.7. The molecule has 0 bridgehead atoms. The second-order valence-electron chi connectivity index (χ2n) is 5.82. The number of hydrogen-bond acceptors (Lipinski definition) is 3. The molecule has 6 heteroatoms. The summed E-state index contributed by atoms with van der Waals surface area (Å²) in [5, 5.41) is 2.75. The summed E-state index contributed by atoms with van der Waals surface area (Å²) >= 11 is 3.12. The number of nitrogens with one attached hydrogen (secondary N) is 1. The van der Waals surface area contributed by atoms with Crippen LogP contribution in [0.1, 0.15) is 49.4 Å². The maximum atomic E-state index is 13.7. The van der Waals surface area contributed by atoms with Gasteiger partial charge in [-0.05, 0) is 57.2 Å². The molecule has 0 fully saturated rings. The molecule has 130 valence electrons. The highest BCUT2D eigenvalue weighted by atomic mass is 79.9. The molecule has 2 rings (SSSR count). The number of amides is 1. The van der Waals surface area contributed by atoms with Crippen LogP contribution in [0.2, 0.25) is 0 Å². The number of ether oxygens (including phenoxy) is 1. The Balaban J connectivity index is 1.80. The van der Waals surface area contributed by atoms with Gasteiger partial charge in [0.05, 0.1) is 5.56 Å². The van der Waals surface area contributed by atoms with Crippen LogP contribution in [0, 0.1) is 5.82 Å². The zero-order valence-corrected chi connectivity index (χ0v) is 15.2. The minimum atomic E-state index is -0.971. The molecule has 1 amide bonds. The minimum absolute atomic E-state index is 0.190. The van der Waals surface area contributed by atoms with E-state index < -0.39 is 17.9 Å².